The normalized spacial score (nSPS) is 10.0. The van der Waals surface area contributed by atoms with Crippen molar-refractivity contribution in [2.75, 3.05) is 6.54 Å². The molecule has 1 aromatic carbocycles. The van der Waals surface area contributed by atoms with E-state index in [0.29, 0.717) is 18.0 Å². The molecule has 0 aromatic heterocycles. The van der Waals surface area contributed by atoms with Crippen LogP contribution in [0.3, 0.4) is 0 Å². The lowest BCUT2D eigenvalue weighted by atomic mass is 10.2. The predicted octanol–water partition coefficient (Wildman–Crippen LogP) is 2.83. The first kappa shape index (κ1) is 12.8. The highest BCUT2D eigenvalue weighted by molar-refractivity contribution is 6.31. The third kappa shape index (κ3) is 4.09. The third-order valence-electron chi connectivity index (χ3n) is 2.29. The van der Waals surface area contributed by atoms with Crippen LogP contribution in [-0.4, -0.2) is 11.7 Å². The minimum Gasteiger partial charge on any atom is -0.508 e. The maximum Gasteiger partial charge on any atom is 0.121 e. The van der Waals surface area contributed by atoms with Crippen molar-refractivity contribution in [2.24, 2.45) is 0 Å². The Balaban J connectivity index is 2.30. The first-order valence-electron chi connectivity index (χ1n) is 5.29. The number of hydrogen-bond donors (Lipinski definition) is 2. The number of phenolic OH excluding ortho intramolecular Hbond substituents is 1. The Morgan fingerprint density at radius 3 is 2.88 bits per heavy atom. The fourth-order valence-electron chi connectivity index (χ4n) is 1.39. The molecule has 0 aliphatic rings. The van der Waals surface area contributed by atoms with Crippen molar-refractivity contribution in [3.05, 3.63) is 28.8 Å². The van der Waals surface area contributed by atoms with Crippen LogP contribution in [0.2, 0.25) is 5.02 Å². The molecule has 0 fully saturated rings. The highest BCUT2D eigenvalue weighted by atomic mass is 35.5. The van der Waals surface area contributed by atoms with Gasteiger partial charge < -0.3 is 10.4 Å². The highest BCUT2D eigenvalue weighted by Gasteiger charge is 2.04. The van der Waals surface area contributed by atoms with Crippen molar-refractivity contribution in [2.45, 2.75) is 25.8 Å². The number of benzene rings is 1. The molecule has 0 atom stereocenters. The number of unbranched alkanes of at least 4 members (excludes halogenated alkanes) is 2. The van der Waals surface area contributed by atoms with Gasteiger partial charge in [-0.05, 0) is 31.5 Å². The number of hydrogen-bond acceptors (Lipinski definition) is 3. The van der Waals surface area contributed by atoms with Gasteiger partial charge in [-0.2, -0.15) is 5.26 Å². The first-order chi connectivity index (χ1) is 7.75. The molecule has 0 aliphatic heterocycles. The number of halogens is 1. The molecule has 2 N–H and O–H groups in total. The van der Waals surface area contributed by atoms with E-state index in [1.807, 2.05) is 0 Å². The minimum atomic E-state index is 0.219. The lowest BCUT2D eigenvalue weighted by molar-refractivity contribution is 0.464. The number of rotatable bonds is 6. The standard InChI is InChI=1S/C12H15ClN2O/c13-11-5-4-6-12(16)10(11)9-15-8-3-1-2-7-14/h4-6,15-16H,1-3,8-9H2. The van der Waals surface area contributed by atoms with E-state index in [2.05, 4.69) is 11.4 Å². The second-order valence-corrected chi connectivity index (χ2v) is 3.94. The minimum absolute atomic E-state index is 0.219. The summed E-state index contributed by atoms with van der Waals surface area (Å²) in [5.74, 6) is 0.219. The number of phenols is 1. The lowest BCUT2D eigenvalue weighted by Gasteiger charge is -2.08. The number of nitrogens with one attached hydrogen (secondary N) is 1. The van der Waals surface area contributed by atoms with E-state index >= 15 is 0 Å². The molecule has 0 unspecified atom stereocenters. The van der Waals surface area contributed by atoms with Crippen LogP contribution in [0.1, 0.15) is 24.8 Å². The average Bonchev–Trinajstić information content (AvgIpc) is 2.26. The fraction of sp³-hybridized carbons (Fsp3) is 0.417. The van der Waals surface area contributed by atoms with Crippen molar-refractivity contribution < 1.29 is 5.11 Å². The zero-order valence-electron chi connectivity index (χ0n) is 9.04. The molecule has 16 heavy (non-hydrogen) atoms. The molecule has 0 radical (unpaired) electrons. The quantitative estimate of drug-likeness (QED) is 0.750. The Morgan fingerprint density at radius 2 is 2.19 bits per heavy atom. The van der Waals surface area contributed by atoms with Gasteiger partial charge >= 0.3 is 0 Å². The van der Waals surface area contributed by atoms with Crippen LogP contribution in [-0.2, 0) is 6.54 Å². The van der Waals surface area contributed by atoms with Gasteiger partial charge in [-0.3, -0.25) is 0 Å². The zero-order chi connectivity index (χ0) is 11.8. The van der Waals surface area contributed by atoms with Crippen LogP contribution in [0.5, 0.6) is 5.75 Å². The number of nitrogens with zero attached hydrogens (tertiary/aromatic N) is 1. The largest absolute Gasteiger partial charge is 0.508 e. The summed E-state index contributed by atoms with van der Waals surface area (Å²) in [7, 11) is 0. The van der Waals surface area contributed by atoms with E-state index in [1.54, 1.807) is 18.2 Å². The summed E-state index contributed by atoms with van der Waals surface area (Å²) in [5, 5.41) is 21.7. The second-order valence-electron chi connectivity index (χ2n) is 3.53. The van der Waals surface area contributed by atoms with Crippen molar-refractivity contribution in [1.29, 1.82) is 5.26 Å². The van der Waals surface area contributed by atoms with Gasteiger partial charge in [-0.1, -0.05) is 17.7 Å². The number of nitriles is 1. The lowest BCUT2D eigenvalue weighted by Crippen LogP contribution is -2.15. The summed E-state index contributed by atoms with van der Waals surface area (Å²) < 4.78 is 0. The summed E-state index contributed by atoms with van der Waals surface area (Å²) in [5.41, 5.74) is 0.726. The van der Waals surface area contributed by atoms with Gasteiger partial charge in [0, 0.05) is 23.6 Å². The van der Waals surface area contributed by atoms with Crippen LogP contribution < -0.4 is 5.32 Å². The molecular weight excluding hydrogens is 224 g/mol. The van der Waals surface area contributed by atoms with Crippen LogP contribution in [0.15, 0.2) is 18.2 Å². The Hall–Kier alpha value is -1.24. The SMILES string of the molecule is N#CCCCCNCc1c(O)cccc1Cl. The predicted molar refractivity (Wildman–Crippen MR) is 64.3 cm³/mol. The molecule has 4 heteroatoms. The Labute approximate surface area is 101 Å². The van der Waals surface area contributed by atoms with E-state index in [9.17, 15) is 5.11 Å². The Morgan fingerprint density at radius 1 is 1.38 bits per heavy atom. The van der Waals surface area contributed by atoms with Gasteiger partial charge in [0.15, 0.2) is 0 Å². The number of aromatic hydroxyl groups is 1. The zero-order valence-corrected chi connectivity index (χ0v) is 9.80. The molecule has 0 saturated heterocycles. The van der Waals surface area contributed by atoms with Crippen molar-refractivity contribution in [3.63, 3.8) is 0 Å². The fourth-order valence-corrected chi connectivity index (χ4v) is 1.63. The van der Waals surface area contributed by atoms with E-state index in [1.165, 1.54) is 0 Å². The molecule has 3 nitrogen and oxygen atoms in total. The second kappa shape index (κ2) is 7.10. The molecule has 0 bridgehead atoms. The van der Waals surface area contributed by atoms with Gasteiger partial charge in [0.2, 0.25) is 0 Å². The molecule has 0 amide bonds. The monoisotopic (exact) mass is 238 g/mol. The third-order valence-corrected chi connectivity index (χ3v) is 2.64. The molecule has 86 valence electrons. The van der Waals surface area contributed by atoms with Crippen LogP contribution >= 0.6 is 11.6 Å². The smallest absolute Gasteiger partial charge is 0.121 e. The highest BCUT2D eigenvalue weighted by Crippen LogP contribution is 2.24. The van der Waals surface area contributed by atoms with Crippen molar-refractivity contribution in [1.82, 2.24) is 5.32 Å². The molecular formula is C12H15ClN2O. The first-order valence-corrected chi connectivity index (χ1v) is 5.67. The summed E-state index contributed by atoms with van der Waals surface area (Å²) in [6, 6.07) is 7.20. The van der Waals surface area contributed by atoms with Gasteiger partial charge in [0.25, 0.3) is 0 Å². The van der Waals surface area contributed by atoms with Gasteiger partial charge in [-0.25, -0.2) is 0 Å². The molecule has 0 saturated carbocycles. The topological polar surface area (TPSA) is 56.0 Å². The van der Waals surface area contributed by atoms with Crippen molar-refractivity contribution in [3.8, 4) is 11.8 Å². The average molecular weight is 239 g/mol. The van der Waals surface area contributed by atoms with Gasteiger partial charge in [0.05, 0.1) is 6.07 Å². The van der Waals surface area contributed by atoms with E-state index in [-0.39, 0.29) is 5.75 Å². The maximum atomic E-state index is 9.56. The summed E-state index contributed by atoms with van der Waals surface area (Å²) in [4.78, 5) is 0. The van der Waals surface area contributed by atoms with E-state index in [4.69, 9.17) is 16.9 Å². The maximum absolute atomic E-state index is 9.56. The van der Waals surface area contributed by atoms with Crippen LogP contribution in [0.25, 0.3) is 0 Å². The Bertz CT molecular complexity index is 354. The van der Waals surface area contributed by atoms with E-state index < -0.39 is 0 Å². The van der Waals surface area contributed by atoms with Gasteiger partial charge in [0.1, 0.15) is 5.75 Å². The molecule has 1 aromatic rings. The van der Waals surface area contributed by atoms with Crippen LogP contribution in [0.4, 0.5) is 0 Å². The summed E-state index contributed by atoms with van der Waals surface area (Å²) in [6.45, 7) is 1.38. The molecule has 0 heterocycles. The van der Waals surface area contributed by atoms with Crippen LogP contribution in [0, 0.1) is 11.3 Å². The molecule has 0 spiro atoms. The summed E-state index contributed by atoms with van der Waals surface area (Å²) in [6.07, 6.45) is 2.45. The Kier molecular flexibility index (Phi) is 5.69. The van der Waals surface area contributed by atoms with Gasteiger partial charge in [-0.15, -0.1) is 0 Å². The van der Waals surface area contributed by atoms with E-state index in [0.717, 1.165) is 24.9 Å². The van der Waals surface area contributed by atoms with Crippen molar-refractivity contribution >= 4 is 11.6 Å². The summed E-state index contributed by atoms with van der Waals surface area (Å²) >= 11 is 5.95. The molecule has 0 aliphatic carbocycles. The molecule has 1 rings (SSSR count).